The minimum atomic E-state index is 0.468. The summed E-state index contributed by atoms with van der Waals surface area (Å²) in [7, 11) is 0. The third kappa shape index (κ3) is 1.93. The molecule has 1 aromatic heterocycles. The number of carbonyl (C=O) groups is 1. The maximum absolute atomic E-state index is 10.9. The summed E-state index contributed by atoms with van der Waals surface area (Å²) in [5.74, 6) is 0.837. The Morgan fingerprint density at radius 1 is 1.47 bits per heavy atom. The van der Waals surface area contributed by atoms with Crippen molar-refractivity contribution in [1.29, 1.82) is 5.41 Å². The van der Waals surface area contributed by atoms with E-state index in [4.69, 9.17) is 9.93 Å². The van der Waals surface area contributed by atoms with Crippen molar-refractivity contribution < 1.29 is 9.32 Å². The summed E-state index contributed by atoms with van der Waals surface area (Å²) in [6.07, 6.45) is 2.31. The van der Waals surface area contributed by atoms with Crippen LogP contribution >= 0.6 is 0 Å². The molecule has 3 rings (SSSR count). The Morgan fingerprint density at radius 2 is 2.32 bits per heavy atom. The first-order valence-electron chi connectivity index (χ1n) is 6.40. The molecule has 6 nitrogen and oxygen atoms in total. The van der Waals surface area contributed by atoms with Crippen LogP contribution in [0.5, 0.6) is 0 Å². The number of amides is 1. The Labute approximate surface area is 111 Å². The quantitative estimate of drug-likeness (QED) is 0.729. The van der Waals surface area contributed by atoms with Crippen LogP contribution in [0.3, 0.4) is 0 Å². The van der Waals surface area contributed by atoms with Crippen molar-refractivity contribution in [2.75, 3.05) is 19.6 Å². The zero-order valence-corrected chi connectivity index (χ0v) is 10.8. The first kappa shape index (κ1) is 12.0. The highest BCUT2D eigenvalue weighted by molar-refractivity contribution is 6.05. The molecule has 0 radical (unpaired) electrons. The summed E-state index contributed by atoms with van der Waals surface area (Å²) in [4.78, 5) is 12.6. The lowest BCUT2D eigenvalue weighted by molar-refractivity contribution is -0.117. The van der Waals surface area contributed by atoms with Crippen molar-refractivity contribution in [2.45, 2.75) is 19.8 Å². The zero-order chi connectivity index (χ0) is 13.4. The Balaban J connectivity index is 2.06. The Morgan fingerprint density at radius 3 is 3.11 bits per heavy atom. The normalized spacial score (nSPS) is 23.0. The minimum absolute atomic E-state index is 0.468. The van der Waals surface area contributed by atoms with Gasteiger partial charge in [-0.15, -0.1) is 0 Å². The van der Waals surface area contributed by atoms with E-state index in [-0.39, 0.29) is 0 Å². The van der Waals surface area contributed by atoms with E-state index in [1.54, 1.807) is 4.90 Å². The molecular formula is C13H16N4O2. The highest BCUT2D eigenvalue weighted by Gasteiger charge is 2.27. The van der Waals surface area contributed by atoms with Gasteiger partial charge in [0.1, 0.15) is 11.5 Å². The number of carbonyl (C=O) groups excluding carboxylic acids is 1. The Bertz CT molecular complexity index is 573. The van der Waals surface area contributed by atoms with E-state index in [0.29, 0.717) is 25.2 Å². The van der Waals surface area contributed by atoms with Crippen LogP contribution < -0.4 is 5.32 Å². The van der Waals surface area contributed by atoms with Crippen molar-refractivity contribution in [3.8, 4) is 0 Å². The lowest BCUT2D eigenvalue weighted by Gasteiger charge is -2.29. The van der Waals surface area contributed by atoms with Crippen molar-refractivity contribution in [3.05, 3.63) is 22.6 Å². The molecule has 6 heteroatoms. The minimum Gasteiger partial charge on any atom is -0.383 e. The summed E-state index contributed by atoms with van der Waals surface area (Å²) in [6.45, 7) is 3.80. The third-order valence-electron chi connectivity index (χ3n) is 3.72. The zero-order valence-electron chi connectivity index (χ0n) is 10.8. The number of nitrogens with zero attached hydrogens (tertiary/aromatic N) is 2. The van der Waals surface area contributed by atoms with Crippen LogP contribution in [0.1, 0.15) is 23.4 Å². The number of piperidine rings is 1. The van der Waals surface area contributed by atoms with Crippen LogP contribution in [-0.2, 0) is 11.2 Å². The molecule has 0 bridgehead atoms. The highest BCUT2D eigenvalue weighted by atomic mass is 16.5. The van der Waals surface area contributed by atoms with E-state index < -0.39 is 0 Å². The van der Waals surface area contributed by atoms with Crippen LogP contribution in [0, 0.1) is 12.3 Å². The van der Waals surface area contributed by atoms with E-state index in [1.165, 1.54) is 0 Å². The fourth-order valence-corrected chi connectivity index (χ4v) is 2.63. The molecule has 0 atom stereocenters. The highest BCUT2D eigenvalue weighted by Crippen LogP contribution is 2.28. The van der Waals surface area contributed by atoms with Crippen LogP contribution in [0.15, 0.2) is 10.1 Å². The molecule has 3 heterocycles. The number of aryl methyl sites for hydroxylation is 1. The lowest BCUT2D eigenvalue weighted by atomic mass is 9.94. The first-order valence-corrected chi connectivity index (χ1v) is 6.40. The number of nitrogens with one attached hydrogen (secondary N) is 2. The van der Waals surface area contributed by atoms with Gasteiger partial charge in [0, 0.05) is 42.9 Å². The van der Waals surface area contributed by atoms with E-state index in [0.717, 1.165) is 47.7 Å². The molecule has 1 fully saturated rings. The molecule has 0 spiro atoms. The van der Waals surface area contributed by atoms with Crippen molar-refractivity contribution in [3.63, 3.8) is 0 Å². The maximum Gasteiger partial charge on any atom is 0.210 e. The molecule has 1 amide bonds. The van der Waals surface area contributed by atoms with E-state index in [2.05, 4.69) is 10.5 Å². The monoisotopic (exact) mass is 260 g/mol. The van der Waals surface area contributed by atoms with Crippen LogP contribution in [-0.4, -0.2) is 41.8 Å². The number of likely N-dealkylation sites (tertiary alicyclic amines) is 1. The molecule has 0 saturated carbocycles. The van der Waals surface area contributed by atoms with Crippen molar-refractivity contribution in [1.82, 2.24) is 15.4 Å². The first-order chi connectivity index (χ1) is 9.20. The smallest absolute Gasteiger partial charge is 0.210 e. The number of fused-ring (bicyclic) bond motifs is 1. The molecule has 1 saturated heterocycles. The Kier molecular flexibility index (Phi) is 2.85. The number of aromatic nitrogens is 1. The second-order valence-corrected chi connectivity index (χ2v) is 4.90. The summed E-state index contributed by atoms with van der Waals surface area (Å²) < 4.78 is 5.25. The molecule has 2 aliphatic heterocycles. The summed E-state index contributed by atoms with van der Waals surface area (Å²) in [5.41, 5.74) is 4.20. The van der Waals surface area contributed by atoms with Gasteiger partial charge in [-0.25, -0.2) is 0 Å². The van der Waals surface area contributed by atoms with Gasteiger partial charge in [0.05, 0.1) is 5.70 Å². The second-order valence-electron chi connectivity index (χ2n) is 4.90. The molecule has 2 aliphatic rings. The topological polar surface area (TPSA) is 82.2 Å². The van der Waals surface area contributed by atoms with Gasteiger partial charge in [0.15, 0.2) is 0 Å². The molecular weight excluding hydrogens is 244 g/mol. The van der Waals surface area contributed by atoms with Gasteiger partial charge < -0.3 is 20.1 Å². The van der Waals surface area contributed by atoms with Gasteiger partial charge in [-0.05, 0) is 13.3 Å². The number of rotatable bonds is 1. The van der Waals surface area contributed by atoms with Gasteiger partial charge in [-0.3, -0.25) is 4.79 Å². The Hall–Kier alpha value is -2.11. The van der Waals surface area contributed by atoms with Gasteiger partial charge in [-0.2, -0.15) is 0 Å². The fraction of sp³-hybridized carbons (Fsp3) is 0.462. The molecule has 19 heavy (non-hydrogen) atoms. The van der Waals surface area contributed by atoms with E-state index >= 15 is 0 Å². The van der Waals surface area contributed by atoms with Crippen LogP contribution in [0.25, 0.3) is 5.70 Å². The van der Waals surface area contributed by atoms with Crippen LogP contribution in [0.4, 0.5) is 0 Å². The average Bonchev–Trinajstić information content (AvgIpc) is 2.81. The fourth-order valence-electron chi connectivity index (χ4n) is 2.63. The predicted octanol–water partition coefficient (Wildman–Crippen LogP) is 0.722. The van der Waals surface area contributed by atoms with Crippen molar-refractivity contribution in [2.24, 2.45) is 0 Å². The second kappa shape index (κ2) is 4.53. The number of hydrogen-bond acceptors (Lipinski definition) is 5. The van der Waals surface area contributed by atoms with Crippen molar-refractivity contribution >= 4 is 17.8 Å². The van der Waals surface area contributed by atoms with Gasteiger partial charge in [0.25, 0.3) is 0 Å². The summed E-state index contributed by atoms with van der Waals surface area (Å²) in [5, 5.41) is 15.5. The largest absolute Gasteiger partial charge is 0.383 e. The third-order valence-corrected chi connectivity index (χ3v) is 3.72. The molecule has 2 N–H and O–H groups in total. The molecule has 0 aliphatic carbocycles. The lowest BCUT2D eigenvalue weighted by Crippen LogP contribution is -2.37. The molecule has 1 aromatic rings. The molecule has 0 aromatic carbocycles. The van der Waals surface area contributed by atoms with Gasteiger partial charge in [0.2, 0.25) is 6.41 Å². The van der Waals surface area contributed by atoms with E-state index in [9.17, 15) is 4.79 Å². The molecule has 0 unspecified atom stereocenters. The summed E-state index contributed by atoms with van der Waals surface area (Å²) >= 11 is 0. The number of hydrogen-bond donors (Lipinski definition) is 2. The van der Waals surface area contributed by atoms with Crippen LogP contribution in [0.2, 0.25) is 0 Å². The molecule has 100 valence electrons. The standard InChI is InChI=1S/C13H16N4O2/c1-8-9-2-4-15-12(13(9)16-19-8)10-6-17(7-18)5-3-11(10)14/h7,14-15H,2-6H2,1H3/b12-10-,14-11?. The maximum atomic E-state index is 10.9. The summed E-state index contributed by atoms with van der Waals surface area (Å²) in [6, 6.07) is 0. The van der Waals surface area contributed by atoms with E-state index in [1.807, 2.05) is 6.92 Å². The van der Waals surface area contributed by atoms with Gasteiger partial charge >= 0.3 is 0 Å². The predicted molar refractivity (Wildman–Crippen MR) is 69.8 cm³/mol. The average molecular weight is 260 g/mol. The van der Waals surface area contributed by atoms with Gasteiger partial charge in [-0.1, -0.05) is 5.16 Å². The SMILES string of the molecule is Cc1onc2c1CCN/C2=C1/CN(C=O)CCC1=N.